The van der Waals surface area contributed by atoms with Gasteiger partial charge in [-0.15, -0.1) is 0 Å². The van der Waals surface area contributed by atoms with Gasteiger partial charge >= 0.3 is 0 Å². The van der Waals surface area contributed by atoms with Crippen molar-refractivity contribution in [3.05, 3.63) is 23.2 Å². The van der Waals surface area contributed by atoms with E-state index in [0.717, 1.165) is 30.7 Å². The first-order valence-electron chi connectivity index (χ1n) is 6.71. The summed E-state index contributed by atoms with van der Waals surface area (Å²) in [4.78, 5) is 2.56. The first-order chi connectivity index (χ1) is 8.24. The van der Waals surface area contributed by atoms with Crippen LogP contribution in [-0.4, -0.2) is 24.5 Å². The van der Waals surface area contributed by atoms with E-state index in [2.05, 4.69) is 30.1 Å². The molecule has 3 nitrogen and oxygen atoms in total. The minimum Gasteiger partial charge on any atom is -0.463 e. The Morgan fingerprint density at radius 3 is 2.82 bits per heavy atom. The predicted molar refractivity (Wildman–Crippen MR) is 69.9 cm³/mol. The molecule has 1 aliphatic carbocycles. The molecule has 1 fully saturated rings. The third-order valence-corrected chi connectivity index (χ3v) is 3.34. The van der Waals surface area contributed by atoms with Crippen LogP contribution in [0.3, 0.4) is 0 Å². The monoisotopic (exact) mass is 236 g/mol. The number of nitrogens with zero attached hydrogens (tertiary/aromatic N) is 1. The molecule has 1 aromatic rings. The minimum absolute atomic E-state index is 0.813. The van der Waals surface area contributed by atoms with Crippen LogP contribution < -0.4 is 5.32 Å². The molecule has 0 aliphatic heterocycles. The van der Waals surface area contributed by atoms with Gasteiger partial charge in [0.1, 0.15) is 11.5 Å². The number of hydrogen-bond acceptors (Lipinski definition) is 3. The Kier molecular flexibility index (Phi) is 4.24. The van der Waals surface area contributed by atoms with Gasteiger partial charge in [0.05, 0.1) is 13.1 Å². The van der Waals surface area contributed by atoms with Crippen molar-refractivity contribution in [3.63, 3.8) is 0 Å². The summed E-state index contributed by atoms with van der Waals surface area (Å²) in [6, 6.07) is 3.01. The Morgan fingerprint density at radius 2 is 2.24 bits per heavy atom. The number of nitrogens with one attached hydrogen (secondary N) is 1. The number of furan rings is 1. The van der Waals surface area contributed by atoms with Gasteiger partial charge < -0.3 is 9.73 Å². The quantitative estimate of drug-likeness (QED) is 0.789. The van der Waals surface area contributed by atoms with Gasteiger partial charge in [-0.05, 0) is 51.4 Å². The van der Waals surface area contributed by atoms with E-state index in [4.69, 9.17) is 4.42 Å². The summed E-state index contributed by atoms with van der Waals surface area (Å²) in [6.45, 7) is 7.36. The highest BCUT2D eigenvalue weighted by Gasteiger charge is 2.28. The van der Waals surface area contributed by atoms with E-state index in [1.807, 2.05) is 7.05 Å². The van der Waals surface area contributed by atoms with Gasteiger partial charge in [-0.1, -0.05) is 6.92 Å². The fourth-order valence-electron chi connectivity index (χ4n) is 2.32. The van der Waals surface area contributed by atoms with Crippen LogP contribution in [0.25, 0.3) is 0 Å². The largest absolute Gasteiger partial charge is 0.463 e. The average Bonchev–Trinajstić information content (AvgIpc) is 3.07. The van der Waals surface area contributed by atoms with Gasteiger partial charge in [-0.3, -0.25) is 4.90 Å². The first-order valence-corrected chi connectivity index (χ1v) is 6.71. The Bertz CT molecular complexity index is 355. The molecule has 0 radical (unpaired) electrons. The summed E-state index contributed by atoms with van der Waals surface area (Å²) in [7, 11) is 1.95. The van der Waals surface area contributed by atoms with Crippen molar-refractivity contribution in [1.82, 2.24) is 10.2 Å². The number of hydrogen-bond donors (Lipinski definition) is 1. The van der Waals surface area contributed by atoms with Crippen LogP contribution in [-0.2, 0) is 13.1 Å². The lowest BCUT2D eigenvalue weighted by molar-refractivity contribution is 0.231. The highest BCUT2D eigenvalue weighted by molar-refractivity contribution is 5.20. The fourth-order valence-corrected chi connectivity index (χ4v) is 2.32. The molecule has 3 heteroatoms. The predicted octanol–water partition coefficient (Wildman–Crippen LogP) is 2.68. The van der Waals surface area contributed by atoms with Crippen molar-refractivity contribution in [1.29, 1.82) is 0 Å². The van der Waals surface area contributed by atoms with Crippen LogP contribution in [0.15, 0.2) is 10.5 Å². The van der Waals surface area contributed by atoms with E-state index >= 15 is 0 Å². The third kappa shape index (κ3) is 3.33. The summed E-state index contributed by atoms with van der Waals surface area (Å²) in [5, 5.41) is 3.14. The molecule has 1 aliphatic rings. The Labute approximate surface area is 104 Å². The molecule has 1 N–H and O–H groups in total. The maximum Gasteiger partial charge on any atom is 0.120 e. The molecule has 1 heterocycles. The van der Waals surface area contributed by atoms with Crippen molar-refractivity contribution >= 4 is 0 Å². The summed E-state index contributed by atoms with van der Waals surface area (Å²) in [6.07, 6.45) is 3.95. The second-order valence-corrected chi connectivity index (χ2v) is 5.05. The molecule has 0 spiro atoms. The highest BCUT2D eigenvalue weighted by atomic mass is 16.3. The Balaban J connectivity index is 1.98. The summed E-state index contributed by atoms with van der Waals surface area (Å²) >= 11 is 0. The molecule has 0 atom stereocenters. The lowest BCUT2D eigenvalue weighted by atomic mass is 10.2. The summed E-state index contributed by atoms with van der Waals surface area (Å²) in [5.74, 6) is 2.20. The van der Waals surface area contributed by atoms with Gasteiger partial charge in [-0.2, -0.15) is 0 Å². The molecule has 0 bridgehead atoms. The van der Waals surface area contributed by atoms with Crippen molar-refractivity contribution < 1.29 is 4.42 Å². The lowest BCUT2D eigenvalue weighted by Gasteiger charge is -2.19. The minimum atomic E-state index is 0.813. The zero-order valence-corrected chi connectivity index (χ0v) is 11.3. The third-order valence-electron chi connectivity index (χ3n) is 3.34. The fraction of sp³-hybridized carbons (Fsp3) is 0.714. The van der Waals surface area contributed by atoms with E-state index in [9.17, 15) is 0 Å². The van der Waals surface area contributed by atoms with Crippen molar-refractivity contribution in [2.24, 2.45) is 0 Å². The van der Waals surface area contributed by atoms with E-state index in [-0.39, 0.29) is 0 Å². The van der Waals surface area contributed by atoms with E-state index < -0.39 is 0 Å². The average molecular weight is 236 g/mol. The number of rotatable bonds is 7. The van der Waals surface area contributed by atoms with Crippen molar-refractivity contribution in [2.75, 3.05) is 13.6 Å². The maximum atomic E-state index is 5.91. The van der Waals surface area contributed by atoms with Crippen LogP contribution in [0.2, 0.25) is 0 Å². The van der Waals surface area contributed by atoms with Gasteiger partial charge in [0.15, 0.2) is 0 Å². The molecule has 0 amide bonds. The Morgan fingerprint density at radius 1 is 1.47 bits per heavy atom. The van der Waals surface area contributed by atoms with Crippen LogP contribution in [0.1, 0.15) is 43.3 Å². The van der Waals surface area contributed by atoms with Crippen LogP contribution in [0, 0.1) is 6.92 Å². The molecule has 17 heavy (non-hydrogen) atoms. The summed E-state index contributed by atoms with van der Waals surface area (Å²) in [5.41, 5.74) is 1.27. The van der Waals surface area contributed by atoms with E-state index in [1.165, 1.54) is 31.4 Å². The zero-order valence-electron chi connectivity index (χ0n) is 11.3. The topological polar surface area (TPSA) is 28.4 Å². The molecular formula is C14H24N2O. The van der Waals surface area contributed by atoms with E-state index in [0.29, 0.717) is 0 Å². The van der Waals surface area contributed by atoms with Gasteiger partial charge in [0.25, 0.3) is 0 Å². The van der Waals surface area contributed by atoms with Crippen molar-refractivity contribution in [2.45, 2.75) is 52.2 Å². The second-order valence-electron chi connectivity index (χ2n) is 5.05. The number of aryl methyl sites for hydroxylation is 1. The molecule has 1 aromatic heterocycles. The smallest absolute Gasteiger partial charge is 0.120 e. The molecule has 96 valence electrons. The standard InChI is InChI=1S/C14H24N2O/c1-4-7-16(12-5-6-12)10-13-8-11(2)14(17-13)9-15-3/h8,12,15H,4-7,9-10H2,1-3H3. The Hall–Kier alpha value is -0.800. The van der Waals surface area contributed by atoms with Crippen LogP contribution >= 0.6 is 0 Å². The zero-order chi connectivity index (χ0) is 12.3. The van der Waals surface area contributed by atoms with Gasteiger partial charge in [0, 0.05) is 6.04 Å². The lowest BCUT2D eigenvalue weighted by Crippen LogP contribution is -2.26. The van der Waals surface area contributed by atoms with Gasteiger partial charge in [-0.25, -0.2) is 0 Å². The molecular weight excluding hydrogens is 212 g/mol. The van der Waals surface area contributed by atoms with Crippen LogP contribution in [0.4, 0.5) is 0 Å². The first kappa shape index (κ1) is 12.7. The molecule has 0 aromatic carbocycles. The second kappa shape index (κ2) is 5.69. The van der Waals surface area contributed by atoms with Crippen LogP contribution in [0.5, 0.6) is 0 Å². The molecule has 1 saturated carbocycles. The molecule has 0 unspecified atom stereocenters. The normalized spacial score (nSPS) is 15.8. The van der Waals surface area contributed by atoms with E-state index in [1.54, 1.807) is 0 Å². The maximum absolute atomic E-state index is 5.91. The molecule has 2 rings (SSSR count). The SMILES string of the molecule is CCCN(Cc1cc(C)c(CNC)o1)C1CC1. The van der Waals surface area contributed by atoms with Crippen molar-refractivity contribution in [3.8, 4) is 0 Å². The summed E-state index contributed by atoms with van der Waals surface area (Å²) < 4.78 is 5.91. The highest BCUT2D eigenvalue weighted by Crippen LogP contribution is 2.29. The van der Waals surface area contributed by atoms with Gasteiger partial charge in [0.2, 0.25) is 0 Å². The molecule has 0 saturated heterocycles.